The highest BCUT2D eigenvalue weighted by Crippen LogP contribution is 2.29. The normalized spacial score (nSPS) is 17.0. The number of carbonyl (C=O) groups excluding carboxylic acids is 2. The van der Waals surface area contributed by atoms with Gasteiger partial charge in [-0.3, -0.25) is 0 Å². The maximum Gasteiger partial charge on any atom is 0.355 e. The predicted molar refractivity (Wildman–Crippen MR) is 93.2 cm³/mol. The molecule has 1 atom stereocenters. The molecule has 2 heterocycles. The zero-order chi connectivity index (χ0) is 17.8. The molecule has 1 aromatic carbocycles. The van der Waals surface area contributed by atoms with Crippen molar-refractivity contribution in [3.8, 4) is 0 Å². The molecule has 128 valence electrons. The molecule has 0 radical (unpaired) electrons. The van der Waals surface area contributed by atoms with E-state index in [-0.39, 0.29) is 11.9 Å². The summed E-state index contributed by atoms with van der Waals surface area (Å²) in [5.74, 6) is -1.24. The second-order valence-corrected chi connectivity index (χ2v) is 5.37. The molecule has 1 unspecified atom stereocenters. The van der Waals surface area contributed by atoms with Gasteiger partial charge in [0.2, 0.25) is 0 Å². The summed E-state index contributed by atoms with van der Waals surface area (Å²) < 4.78 is 11.5. The molecule has 3 rings (SSSR count). The van der Waals surface area contributed by atoms with Gasteiger partial charge in [-0.15, -0.1) is 0 Å². The SMILES string of the molecule is COC(=O)/C=C(\C(=O)OC)N1C=CC=CC1n1ccc2ccccc21. The van der Waals surface area contributed by atoms with Crippen molar-refractivity contribution in [2.45, 2.75) is 6.17 Å². The Bertz CT molecular complexity index is 892. The smallest absolute Gasteiger partial charge is 0.355 e. The summed E-state index contributed by atoms with van der Waals surface area (Å²) in [6.45, 7) is 0. The first-order chi connectivity index (χ1) is 12.2. The Hall–Kier alpha value is -3.28. The summed E-state index contributed by atoms with van der Waals surface area (Å²) in [6, 6.07) is 9.95. The van der Waals surface area contributed by atoms with Crippen molar-refractivity contribution in [3.63, 3.8) is 0 Å². The number of methoxy groups -OCH3 is 2. The van der Waals surface area contributed by atoms with E-state index in [0.29, 0.717) is 0 Å². The van der Waals surface area contributed by atoms with Crippen LogP contribution >= 0.6 is 0 Å². The summed E-state index contributed by atoms with van der Waals surface area (Å²) in [5.41, 5.74) is 1.11. The summed E-state index contributed by atoms with van der Waals surface area (Å²) in [4.78, 5) is 25.6. The first kappa shape index (κ1) is 16.6. The average molecular weight is 338 g/mol. The molecule has 1 aliphatic heterocycles. The molecule has 0 fully saturated rings. The third-order valence-electron chi connectivity index (χ3n) is 3.97. The lowest BCUT2D eigenvalue weighted by atomic mass is 10.2. The highest BCUT2D eigenvalue weighted by molar-refractivity contribution is 5.96. The van der Waals surface area contributed by atoms with E-state index in [4.69, 9.17) is 4.74 Å². The van der Waals surface area contributed by atoms with Gasteiger partial charge in [0.1, 0.15) is 11.9 Å². The number of hydrogen-bond donors (Lipinski definition) is 0. The summed E-state index contributed by atoms with van der Waals surface area (Å²) in [6.07, 6.45) is 10.1. The van der Waals surface area contributed by atoms with Crippen LogP contribution in [0.25, 0.3) is 10.9 Å². The molecule has 0 amide bonds. The molecule has 0 spiro atoms. The summed E-state index contributed by atoms with van der Waals surface area (Å²) in [7, 11) is 2.54. The molecule has 6 nitrogen and oxygen atoms in total. The van der Waals surface area contributed by atoms with Crippen molar-refractivity contribution < 1.29 is 19.1 Å². The Kier molecular flexibility index (Phi) is 4.70. The first-order valence-corrected chi connectivity index (χ1v) is 7.72. The number of esters is 2. The average Bonchev–Trinajstić information content (AvgIpc) is 3.09. The van der Waals surface area contributed by atoms with E-state index in [9.17, 15) is 9.59 Å². The van der Waals surface area contributed by atoms with E-state index in [1.54, 1.807) is 17.2 Å². The van der Waals surface area contributed by atoms with Gasteiger partial charge < -0.3 is 18.9 Å². The van der Waals surface area contributed by atoms with Crippen LogP contribution in [0.2, 0.25) is 0 Å². The van der Waals surface area contributed by atoms with Crippen LogP contribution in [-0.2, 0) is 19.1 Å². The van der Waals surface area contributed by atoms with Crippen molar-refractivity contribution in [1.82, 2.24) is 9.47 Å². The second-order valence-electron chi connectivity index (χ2n) is 5.37. The van der Waals surface area contributed by atoms with Crippen LogP contribution in [0.5, 0.6) is 0 Å². The number of para-hydroxylation sites is 1. The zero-order valence-electron chi connectivity index (χ0n) is 14.0. The minimum atomic E-state index is -0.625. The Morgan fingerprint density at radius 3 is 2.64 bits per heavy atom. The topological polar surface area (TPSA) is 60.8 Å². The van der Waals surface area contributed by atoms with E-state index in [2.05, 4.69) is 4.74 Å². The van der Waals surface area contributed by atoms with Gasteiger partial charge in [-0.2, -0.15) is 0 Å². The van der Waals surface area contributed by atoms with Gasteiger partial charge in [0.05, 0.1) is 25.8 Å². The van der Waals surface area contributed by atoms with Gasteiger partial charge in [0.15, 0.2) is 0 Å². The van der Waals surface area contributed by atoms with Gasteiger partial charge in [0.25, 0.3) is 0 Å². The molecule has 6 heteroatoms. The number of fused-ring (bicyclic) bond motifs is 1. The molecule has 25 heavy (non-hydrogen) atoms. The summed E-state index contributed by atoms with van der Waals surface area (Å²) in [5, 5.41) is 1.09. The van der Waals surface area contributed by atoms with Crippen LogP contribution in [0.3, 0.4) is 0 Å². The minimum Gasteiger partial charge on any atom is -0.466 e. The molecule has 0 aliphatic carbocycles. The van der Waals surface area contributed by atoms with Crippen LogP contribution < -0.4 is 0 Å². The fourth-order valence-corrected chi connectivity index (χ4v) is 2.79. The van der Waals surface area contributed by atoms with Gasteiger partial charge in [-0.05, 0) is 29.7 Å². The zero-order valence-corrected chi connectivity index (χ0v) is 14.0. The Balaban J connectivity index is 2.07. The molecular formula is C19H18N2O4. The number of nitrogens with zero attached hydrogens (tertiary/aromatic N) is 2. The fourth-order valence-electron chi connectivity index (χ4n) is 2.79. The van der Waals surface area contributed by atoms with E-state index in [0.717, 1.165) is 17.0 Å². The Morgan fingerprint density at radius 2 is 1.88 bits per heavy atom. The summed E-state index contributed by atoms with van der Waals surface area (Å²) >= 11 is 0. The number of aromatic nitrogens is 1. The van der Waals surface area contributed by atoms with Crippen LogP contribution in [0.1, 0.15) is 6.17 Å². The van der Waals surface area contributed by atoms with Crippen molar-refractivity contribution in [3.05, 3.63) is 72.7 Å². The van der Waals surface area contributed by atoms with Gasteiger partial charge >= 0.3 is 11.9 Å². The molecule has 1 aromatic heterocycles. The van der Waals surface area contributed by atoms with Crippen molar-refractivity contribution >= 4 is 22.8 Å². The van der Waals surface area contributed by atoms with Gasteiger partial charge in [0, 0.05) is 12.4 Å². The lowest BCUT2D eigenvalue weighted by Crippen LogP contribution is -2.32. The van der Waals surface area contributed by atoms with Gasteiger partial charge in [-0.25, -0.2) is 9.59 Å². The van der Waals surface area contributed by atoms with Gasteiger partial charge in [-0.1, -0.05) is 24.3 Å². The first-order valence-electron chi connectivity index (χ1n) is 7.72. The molecule has 0 bridgehead atoms. The molecule has 0 saturated carbocycles. The maximum absolute atomic E-state index is 12.2. The second kappa shape index (κ2) is 7.09. The molecule has 1 aliphatic rings. The van der Waals surface area contributed by atoms with Crippen molar-refractivity contribution in [1.29, 1.82) is 0 Å². The molecule has 0 N–H and O–H groups in total. The lowest BCUT2D eigenvalue weighted by molar-refractivity contribution is -0.140. The number of benzene rings is 1. The number of rotatable bonds is 4. The highest BCUT2D eigenvalue weighted by atomic mass is 16.5. The maximum atomic E-state index is 12.2. The van der Waals surface area contributed by atoms with Crippen LogP contribution in [0, 0.1) is 0 Å². The highest BCUT2D eigenvalue weighted by Gasteiger charge is 2.26. The van der Waals surface area contributed by atoms with Crippen LogP contribution in [0.4, 0.5) is 0 Å². The van der Waals surface area contributed by atoms with E-state index >= 15 is 0 Å². The monoisotopic (exact) mass is 338 g/mol. The largest absolute Gasteiger partial charge is 0.466 e. The number of ether oxygens (including phenoxy) is 2. The van der Waals surface area contributed by atoms with Crippen molar-refractivity contribution in [2.24, 2.45) is 0 Å². The third-order valence-corrected chi connectivity index (χ3v) is 3.97. The number of hydrogen-bond acceptors (Lipinski definition) is 5. The van der Waals surface area contributed by atoms with E-state index < -0.39 is 11.9 Å². The standard InChI is InChI=1S/C19H18N2O4/c1-24-18(22)13-16(19(23)25-2)20-11-6-5-9-17(20)21-12-10-14-7-3-4-8-15(14)21/h3-13,17H,1-2H3/b16-13+. The van der Waals surface area contributed by atoms with Crippen LogP contribution in [-0.4, -0.2) is 35.6 Å². The molecular weight excluding hydrogens is 320 g/mol. The van der Waals surface area contributed by atoms with Crippen molar-refractivity contribution in [2.75, 3.05) is 14.2 Å². The molecule has 0 saturated heterocycles. The Morgan fingerprint density at radius 1 is 1.08 bits per heavy atom. The predicted octanol–water partition coefficient (Wildman–Crippen LogP) is 2.76. The van der Waals surface area contributed by atoms with E-state index in [1.807, 2.05) is 53.2 Å². The third kappa shape index (κ3) is 3.19. The van der Waals surface area contributed by atoms with E-state index in [1.165, 1.54) is 14.2 Å². The quantitative estimate of drug-likeness (QED) is 0.634. The number of allylic oxidation sites excluding steroid dienone is 2. The number of carbonyl (C=O) groups is 2. The fraction of sp³-hybridized carbons (Fsp3) is 0.158. The minimum absolute atomic E-state index is 0.0951. The lowest BCUT2D eigenvalue weighted by Gasteiger charge is -2.32. The van der Waals surface area contributed by atoms with Crippen LogP contribution in [0.15, 0.2) is 72.7 Å². The Labute approximate surface area is 145 Å². The molecule has 2 aromatic rings.